The number of benzene rings is 1. The van der Waals surface area contributed by atoms with Gasteiger partial charge in [0.1, 0.15) is 0 Å². The highest BCUT2D eigenvalue weighted by Crippen LogP contribution is 2.37. The zero-order chi connectivity index (χ0) is 14.3. The standard InChI is InChI=1S/C14H18ClN3O2/c1-7-2-3-8(6-10(7)15)17-14(19)18-12-11(16)9-4-5-20-13(9)12/h2-3,6,9,11-13H,4-5,16H2,1H3,(H2,17,18,19). The molecule has 0 aromatic heterocycles. The number of carbonyl (C=O) groups excluding carboxylic acids is 1. The van der Waals surface area contributed by atoms with Gasteiger partial charge in [0, 0.05) is 29.3 Å². The molecule has 2 amide bonds. The molecule has 1 aromatic rings. The Labute approximate surface area is 122 Å². The molecule has 1 aromatic carbocycles. The van der Waals surface area contributed by atoms with Crippen molar-refractivity contribution in [1.29, 1.82) is 0 Å². The summed E-state index contributed by atoms with van der Waals surface area (Å²) in [6.07, 6.45) is 1.05. The molecule has 4 unspecified atom stereocenters. The van der Waals surface area contributed by atoms with Gasteiger partial charge in [-0.05, 0) is 31.0 Å². The normalized spacial score (nSPS) is 31.4. The second-order valence-corrected chi connectivity index (χ2v) is 5.86. The van der Waals surface area contributed by atoms with Crippen LogP contribution in [0.5, 0.6) is 0 Å². The highest BCUT2D eigenvalue weighted by Gasteiger charge is 2.52. The average Bonchev–Trinajstić information content (AvgIpc) is 2.85. The highest BCUT2D eigenvalue weighted by atomic mass is 35.5. The van der Waals surface area contributed by atoms with E-state index in [0.717, 1.165) is 18.6 Å². The van der Waals surface area contributed by atoms with E-state index in [-0.39, 0.29) is 24.2 Å². The molecule has 1 saturated heterocycles. The number of nitrogens with one attached hydrogen (secondary N) is 2. The Morgan fingerprint density at radius 2 is 2.30 bits per heavy atom. The molecule has 3 rings (SSSR count). The Bertz CT molecular complexity index is 537. The number of halogens is 1. The fourth-order valence-electron chi connectivity index (χ4n) is 2.92. The van der Waals surface area contributed by atoms with E-state index in [1.807, 2.05) is 19.1 Å². The van der Waals surface area contributed by atoms with Gasteiger partial charge in [-0.3, -0.25) is 0 Å². The molecule has 0 radical (unpaired) electrons. The molecule has 1 aliphatic heterocycles. The number of rotatable bonds is 2. The van der Waals surface area contributed by atoms with Crippen molar-refractivity contribution in [2.75, 3.05) is 11.9 Å². The van der Waals surface area contributed by atoms with Crippen LogP contribution in [0.15, 0.2) is 18.2 Å². The lowest BCUT2D eigenvalue weighted by Gasteiger charge is -2.45. The van der Waals surface area contributed by atoms with Gasteiger partial charge in [0.2, 0.25) is 0 Å². The Hall–Kier alpha value is -1.30. The van der Waals surface area contributed by atoms with E-state index in [4.69, 9.17) is 22.1 Å². The molecule has 0 bridgehead atoms. The summed E-state index contributed by atoms with van der Waals surface area (Å²) in [6.45, 7) is 2.65. The molecule has 2 fully saturated rings. The second-order valence-electron chi connectivity index (χ2n) is 5.45. The number of fused-ring (bicyclic) bond motifs is 1. The number of hydrogen-bond acceptors (Lipinski definition) is 3. The van der Waals surface area contributed by atoms with Gasteiger partial charge < -0.3 is 21.1 Å². The van der Waals surface area contributed by atoms with E-state index in [9.17, 15) is 4.79 Å². The predicted molar refractivity (Wildman–Crippen MR) is 78.0 cm³/mol. The molecule has 1 heterocycles. The lowest BCUT2D eigenvalue weighted by Crippen LogP contribution is -2.69. The number of aryl methyl sites for hydroxylation is 1. The smallest absolute Gasteiger partial charge is 0.319 e. The van der Waals surface area contributed by atoms with Gasteiger partial charge in [0.25, 0.3) is 0 Å². The number of amides is 2. The van der Waals surface area contributed by atoms with Gasteiger partial charge in [-0.15, -0.1) is 0 Å². The molecule has 1 aliphatic carbocycles. The van der Waals surface area contributed by atoms with Crippen molar-refractivity contribution in [2.24, 2.45) is 11.7 Å². The summed E-state index contributed by atoms with van der Waals surface area (Å²) in [5.41, 5.74) is 7.68. The van der Waals surface area contributed by atoms with E-state index in [1.165, 1.54) is 0 Å². The first-order valence-electron chi connectivity index (χ1n) is 6.77. The third-order valence-electron chi connectivity index (χ3n) is 4.17. The number of urea groups is 1. The van der Waals surface area contributed by atoms with Crippen LogP contribution in [-0.4, -0.2) is 30.8 Å². The Balaban J connectivity index is 1.58. The van der Waals surface area contributed by atoms with Gasteiger partial charge >= 0.3 is 6.03 Å². The average molecular weight is 296 g/mol. The molecule has 20 heavy (non-hydrogen) atoms. The summed E-state index contributed by atoms with van der Waals surface area (Å²) in [4.78, 5) is 12.0. The van der Waals surface area contributed by atoms with Crippen LogP contribution in [0, 0.1) is 12.8 Å². The van der Waals surface area contributed by atoms with Crippen LogP contribution in [0.3, 0.4) is 0 Å². The summed E-state index contributed by atoms with van der Waals surface area (Å²) in [5.74, 6) is 0.383. The second kappa shape index (κ2) is 5.24. The molecule has 4 atom stereocenters. The Kier molecular flexibility index (Phi) is 3.58. The fraction of sp³-hybridized carbons (Fsp3) is 0.500. The van der Waals surface area contributed by atoms with Crippen LogP contribution in [0.2, 0.25) is 5.02 Å². The third-order valence-corrected chi connectivity index (χ3v) is 4.58. The minimum atomic E-state index is -0.278. The number of hydrogen-bond donors (Lipinski definition) is 3. The summed E-state index contributed by atoms with van der Waals surface area (Å²) in [7, 11) is 0. The van der Waals surface area contributed by atoms with Gasteiger partial charge in [-0.1, -0.05) is 17.7 Å². The van der Waals surface area contributed by atoms with Crippen molar-refractivity contribution in [2.45, 2.75) is 31.5 Å². The van der Waals surface area contributed by atoms with Crippen LogP contribution in [-0.2, 0) is 4.74 Å². The SMILES string of the molecule is Cc1ccc(NC(=O)NC2C(N)C3CCOC32)cc1Cl. The van der Waals surface area contributed by atoms with E-state index in [1.54, 1.807) is 6.07 Å². The van der Waals surface area contributed by atoms with Crippen molar-refractivity contribution in [3.8, 4) is 0 Å². The van der Waals surface area contributed by atoms with Gasteiger partial charge in [0.15, 0.2) is 0 Å². The van der Waals surface area contributed by atoms with Crippen LogP contribution in [0.1, 0.15) is 12.0 Å². The number of anilines is 1. The van der Waals surface area contributed by atoms with Gasteiger partial charge in [-0.25, -0.2) is 4.79 Å². The number of ether oxygens (including phenoxy) is 1. The zero-order valence-corrected chi connectivity index (χ0v) is 12.0. The van der Waals surface area contributed by atoms with Crippen molar-refractivity contribution < 1.29 is 9.53 Å². The van der Waals surface area contributed by atoms with Crippen molar-refractivity contribution >= 4 is 23.3 Å². The number of carbonyl (C=O) groups is 1. The summed E-state index contributed by atoms with van der Waals surface area (Å²) in [6, 6.07) is 5.00. The van der Waals surface area contributed by atoms with Crippen molar-refractivity contribution in [1.82, 2.24) is 5.32 Å². The highest BCUT2D eigenvalue weighted by molar-refractivity contribution is 6.31. The maximum atomic E-state index is 12.0. The molecule has 2 aliphatic rings. The minimum Gasteiger partial charge on any atom is -0.376 e. The van der Waals surface area contributed by atoms with Crippen molar-refractivity contribution in [3.05, 3.63) is 28.8 Å². The van der Waals surface area contributed by atoms with Crippen molar-refractivity contribution in [3.63, 3.8) is 0 Å². The van der Waals surface area contributed by atoms with E-state index < -0.39 is 0 Å². The maximum absolute atomic E-state index is 12.0. The molecular formula is C14H18ClN3O2. The quantitative estimate of drug-likeness (QED) is 0.780. The third kappa shape index (κ3) is 2.37. The van der Waals surface area contributed by atoms with Gasteiger partial charge in [-0.2, -0.15) is 0 Å². The van der Waals surface area contributed by atoms with Crippen LogP contribution in [0.4, 0.5) is 10.5 Å². The largest absolute Gasteiger partial charge is 0.376 e. The topological polar surface area (TPSA) is 76.4 Å². The number of nitrogens with two attached hydrogens (primary N) is 1. The first-order valence-corrected chi connectivity index (χ1v) is 7.15. The summed E-state index contributed by atoms with van der Waals surface area (Å²) >= 11 is 6.03. The lowest BCUT2D eigenvalue weighted by atomic mass is 9.72. The summed E-state index contributed by atoms with van der Waals surface area (Å²) < 4.78 is 5.58. The molecule has 6 heteroatoms. The first-order chi connectivity index (χ1) is 9.56. The predicted octanol–water partition coefficient (Wildman–Crippen LogP) is 1.88. The van der Waals surface area contributed by atoms with E-state index in [0.29, 0.717) is 16.6 Å². The molecule has 1 saturated carbocycles. The van der Waals surface area contributed by atoms with Crippen LogP contribution in [0.25, 0.3) is 0 Å². The summed E-state index contributed by atoms with van der Waals surface area (Å²) in [5, 5.41) is 6.27. The molecule has 108 valence electrons. The molecular weight excluding hydrogens is 278 g/mol. The molecule has 5 nitrogen and oxygen atoms in total. The van der Waals surface area contributed by atoms with Crippen LogP contribution < -0.4 is 16.4 Å². The molecule has 4 N–H and O–H groups in total. The fourth-order valence-corrected chi connectivity index (χ4v) is 3.10. The van der Waals surface area contributed by atoms with Gasteiger partial charge in [0.05, 0.1) is 12.1 Å². The molecule has 0 spiro atoms. The van der Waals surface area contributed by atoms with Crippen LogP contribution >= 0.6 is 11.6 Å². The van der Waals surface area contributed by atoms with E-state index in [2.05, 4.69) is 10.6 Å². The maximum Gasteiger partial charge on any atom is 0.319 e. The zero-order valence-electron chi connectivity index (χ0n) is 11.2. The Morgan fingerprint density at radius 1 is 1.50 bits per heavy atom. The monoisotopic (exact) mass is 295 g/mol. The Morgan fingerprint density at radius 3 is 3.05 bits per heavy atom. The lowest BCUT2D eigenvalue weighted by molar-refractivity contribution is -0.0128. The minimum absolute atomic E-state index is 0.0187. The van der Waals surface area contributed by atoms with E-state index >= 15 is 0 Å². The first kappa shape index (κ1) is 13.7.